The van der Waals surface area contributed by atoms with Crippen LogP contribution in [0.1, 0.15) is 15.9 Å². The minimum atomic E-state index is -3.38. The lowest BCUT2D eigenvalue weighted by atomic mass is 10.2. The molecule has 0 atom stereocenters. The Kier molecular flexibility index (Phi) is 3.38. The molecule has 2 aromatic rings. The van der Waals surface area contributed by atoms with Gasteiger partial charge < -0.3 is 5.32 Å². The van der Waals surface area contributed by atoms with E-state index in [4.69, 9.17) is 0 Å². The highest BCUT2D eigenvalue weighted by atomic mass is 79.9. The van der Waals surface area contributed by atoms with E-state index in [-0.39, 0.29) is 10.8 Å². The second-order valence-corrected chi connectivity index (χ2v) is 7.04. The second-order valence-electron chi connectivity index (χ2n) is 4.42. The Labute approximate surface area is 129 Å². The van der Waals surface area contributed by atoms with Gasteiger partial charge in [0.1, 0.15) is 4.60 Å². The van der Waals surface area contributed by atoms with Gasteiger partial charge in [0.15, 0.2) is 0 Å². The Morgan fingerprint density at radius 3 is 2.76 bits per heavy atom. The van der Waals surface area contributed by atoms with Crippen LogP contribution in [0, 0.1) is 0 Å². The average molecular weight is 365 g/mol. The van der Waals surface area contributed by atoms with Crippen molar-refractivity contribution in [1.82, 2.24) is 4.98 Å². The molecule has 21 heavy (non-hydrogen) atoms. The van der Waals surface area contributed by atoms with E-state index in [1.54, 1.807) is 24.3 Å². The van der Waals surface area contributed by atoms with Gasteiger partial charge in [0.2, 0.25) is 9.84 Å². The van der Waals surface area contributed by atoms with Crippen molar-refractivity contribution in [1.29, 1.82) is 0 Å². The van der Waals surface area contributed by atoms with Crippen LogP contribution in [0.5, 0.6) is 0 Å². The number of benzene rings is 1. The van der Waals surface area contributed by atoms with Crippen molar-refractivity contribution in [3.63, 3.8) is 0 Å². The van der Waals surface area contributed by atoms with Crippen LogP contribution in [0.15, 0.2) is 51.4 Å². The van der Waals surface area contributed by atoms with Crippen LogP contribution in [0.3, 0.4) is 0 Å². The van der Waals surface area contributed by atoms with E-state index in [0.717, 1.165) is 5.41 Å². The lowest BCUT2D eigenvalue weighted by Gasteiger charge is -2.07. The summed E-state index contributed by atoms with van der Waals surface area (Å²) in [6, 6.07) is 7.94. The van der Waals surface area contributed by atoms with Gasteiger partial charge >= 0.3 is 0 Å². The van der Waals surface area contributed by atoms with E-state index in [9.17, 15) is 13.2 Å². The third-order valence-electron chi connectivity index (χ3n) is 2.99. The maximum absolute atomic E-state index is 12.1. The van der Waals surface area contributed by atoms with Gasteiger partial charge in [-0.15, -0.1) is 0 Å². The lowest BCUT2D eigenvalue weighted by molar-refractivity contribution is 0.102. The number of carbonyl (C=O) groups is 1. The maximum atomic E-state index is 12.1. The Hall–Kier alpha value is -1.99. The van der Waals surface area contributed by atoms with Crippen LogP contribution in [0.2, 0.25) is 0 Å². The zero-order valence-corrected chi connectivity index (χ0v) is 13.0. The number of pyridine rings is 1. The molecule has 106 valence electrons. The number of aromatic nitrogens is 1. The van der Waals surface area contributed by atoms with Crippen molar-refractivity contribution in [2.24, 2.45) is 0 Å². The summed E-state index contributed by atoms with van der Waals surface area (Å²) in [5.74, 6) is -0.332. The highest BCUT2D eigenvalue weighted by molar-refractivity contribution is 9.10. The highest BCUT2D eigenvalue weighted by Crippen LogP contribution is 2.29. The van der Waals surface area contributed by atoms with E-state index in [1.165, 1.54) is 18.3 Å². The van der Waals surface area contributed by atoms with E-state index in [2.05, 4.69) is 26.2 Å². The normalized spacial score (nSPS) is 14.7. The topological polar surface area (TPSA) is 76.1 Å². The van der Waals surface area contributed by atoms with E-state index >= 15 is 0 Å². The number of anilines is 1. The average Bonchev–Trinajstić information content (AvgIpc) is 2.74. The summed E-state index contributed by atoms with van der Waals surface area (Å²) < 4.78 is 24.1. The Morgan fingerprint density at radius 1 is 1.19 bits per heavy atom. The summed E-state index contributed by atoms with van der Waals surface area (Å²) in [7, 11) is -3.38. The molecule has 2 heterocycles. The fourth-order valence-corrected chi connectivity index (χ4v) is 3.57. The van der Waals surface area contributed by atoms with Crippen molar-refractivity contribution in [2.45, 2.75) is 4.90 Å². The molecule has 0 saturated carbocycles. The van der Waals surface area contributed by atoms with Gasteiger partial charge in [-0.3, -0.25) is 4.79 Å². The summed E-state index contributed by atoms with van der Waals surface area (Å²) in [5, 5.41) is 3.83. The van der Waals surface area contributed by atoms with Gasteiger partial charge in [0.25, 0.3) is 5.91 Å². The zero-order chi connectivity index (χ0) is 15.0. The Balaban J connectivity index is 1.89. The quantitative estimate of drug-likeness (QED) is 0.831. The van der Waals surface area contributed by atoms with Gasteiger partial charge in [-0.05, 0) is 51.8 Å². The first-order valence-electron chi connectivity index (χ1n) is 5.96. The van der Waals surface area contributed by atoms with Crippen molar-refractivity contribution >= 4 is 43.4 Å². The predicted molar refractivity (Wildman–Crippen MR) is 82.6 cm³/mol. The molecule has 0 radical (unpaired) electrons. The minimum absolute atomic E-state index is 0.205. The molecule has 3 rings (SSSR count). The summed E-state index contributed by atoms with van der Waals surface area (Å²) in [6.45, 7) is 0. The van der Waals surface area contributed by atoms with Crippen LogP contribution in [-0.4, -0.2) is 19.3 Å². The van der Waals surface area contributed by atoms with Gasteiger partial charge in [-0.1, -0.05) is 6.07 Å². The van der Waals surface area contributed by atoms with Crippen LogP contribution >= 0.6 is 15.9 Å². The van der Waals surface area contributed by atoms with Crippen LogP contribution < -0.4 is 5.32 Å². The van der Waals surface area contributed by atoms with Crippen LogP contribution in [0.4, 0.5) is 5.69 Å². The highest BCUT2D eigenvalue weighted by Gasteiger charge is 2.21. The number of halogens is 1. The molecular formula is C14H9BrN2O3S. The number of carbonyl (C=O) groups excluding carboxylic acids is 1. The number of fused-ring (bicyclic) bond motifs is 1. The third kappa shape index (κ3) is 2.74. The van der Waals surface area contributed by atoms with E-state index in [0.29, 0.717) is 21.4 Å². The molecule has 1 amide bonds. The van der Waals surface area contributed by atoms with E-state index < -0.39 is 9.84 Å². The molecule has 7 heteroatoms. The lowest BCUT2D eigenvalue weighted by Crippen LogP contribution is -2.12. The number of rotatable bonds is 2. The van der Waals surface area contributed by atoms with Gasteiger partial charge in [-0.2, -0.15) is 0 Å². The van der Waals surface area contributed by atoms with Crippen molar-refractivity contribution in [3.8, 4) is 0 Å². The van der Waals surface area contributed by atoms with Gasteiger partial charge in [0, 0.05) is 22.9 Å². The molecule has 0 unspecified atom stereocenters. The summed E-state index contributed by atoms with van der Waals surface area (Å²) >= 11 is 3.19. The number of amides is 1. The molecule has 0 spiro atoms. The Bertz CT molecular complexity index is 876. The molecule has 1 aromatic carbocycles. The third-order valence-corrected chi connectivity index (χ3v) is 4.89. The summed E-state index contributed by atoms with van der Waals surface area (Å²) in [6.07, 6.45) is 3.05. The van der Waals surface area contributed by atoms with Crippen LogP contribution in [0.25, 0.3) is 6.08 Å². The number of nitrogens with zero attached hydrogens (tertiary/aromatic N) is 1. The summed E-state index contributed by atoms with van der Waals surface area (Å²) in [4.78, 5) is 16.3. The molecule has 0 fully saturated rings. The zero-order valence-electron chi connectivity index (χ0n) is 10.6. The molecule has 0 bridgehead atoms. The predicted octanol–water partition coefficient (Wildman–Crippen LogP) is 2.85. The fraction of sp³-hybridized carbons (Fsp3) is 0. The smallest absolute Gasteiger partial charge is 0.255 e. The molecule has 1 aromatic heterocycles. The van der Waals surface area contributed by atoms with Crippen molar-refractivity contribution in [2.75, 3.05) is 5.32 Å². The Morgan fingerprint density at radius 2 is 2.00 bits per heavy atom. The largest absolute Gasteiger partial charge is 0.322 e. The number of hydrogen-bond acceptors (Lipinski definition) is 4. The standard InChI is InChI=1S/C14H9BrN2O3S/c15-13-7-10(3-5-16-13)14(18)17-11-2-1-9-4-6-21(19,20)12(9)8-11/h1-8H,(H,17,18). The van der Waals surface area contributed by atoms with Crippen molar-refractivity contribution < 1.29 is 13.2 Å². The summed E-state index contributed by atoms with van der Waals surface area (Å²) in [5.41, 5.74) is 1.48. The second kappa shape index (κ2) is 5.09. The number of sulfone groups is 1. The first kappa shape index (κ1) is 14.0. The van der Waals surface area contributed by atoms with Gasteiger partial charge in [0.05, 0.1) is 4.90 Å². The maximum Gasteiger partial charge on any atom is 0.255 e. The first-order chi connectivity index (χ1) is 9.95. The van der Waals surface area contributed by atoms with E-state index in [1.807, 2.05) is 0 Å². The molecule has 0 saturated heterocycles. The number of hydrogen-bond donors (Lipinski definition) is 1. The number of nitrogens with one attached hydrogen (secondary N) is 1. The van der Waals surface area contributed by atoms with Crippen molar-refractivity contribution in [3.05, 3.63) is 57.7 Å². The first-order valence-corrected chi connectivity index (χ1v) is 8.30. The monoisotopic (exact) mass is 364 g/mol. The minimum Gasteiger partial charge on any atom is -0.322 e. The molecule has 1 aliphatic heterocycles. The molecule has 1 aliphatic rings. The SMILES string of the molecule is O=C(Nc1ccc2c(c1)S(=O)(=O)C=C2)c1ccnc(Br)c1. The van der Waals surface area contributed by atoms with Crippen LogP contribution in [-0.2, 0) is 9.84 Å². The fourth-order valence-electron chi connectivity index (χ4n) is 1.98. The molecular weight excluding hydrogens is 356 g/mol. The molecule has 0 aliphatic carbocycles. The van der Waals surface area contributed by atoms with Gasteiger partial charge in [-0.25, -0.2) is 13.4 Å². The molecule has 5 nitrogen and oxygen atoms in total. The molecule has 1 N–H and O–H groups in total.